The maximum atomic E-state index is 11.3. The zero-order valence-electron chi connectivity index (χ0n) is 7.74. The van der Waals surface area contributed by atoms with E-state index in [1.54, 1.807) is 28.7 Å². The van der Waals surface area contributed by atoms with Crippen molar-refractivity contribution in [2.24, 2.45) is 0 Å². The SMILES string of the molecule is N#Cc1cc(C(=O)CCl)cc([N+](=O)[O-])c1I. The Bertz CT molecular complexity index is 510. The van der Waals surface area contributed by atoms with Crippen molar-refractivity contribution in [3.8, 4) is 6.07 Å². The number of nitro benzene ring substituents is 1. The Balaban J connectivity index is 3.47. The molecule has 0 N–H and O–H groups in total. The second kappa shape index (κ2) is 5.23. The van der Waals surface area contributed by atoms with Crippen molar-refractivity contribution in [3.05, 3.63) is 36.9 Å². The lowest BCUT2D eigenvalue weighted by Gasteiger charge is -2.01. The normalized spacial score (nSPS) is 9.56. The molecular weight excluding hydrogens is 346 g/mol. The second-order valence-electron chi connectivity index (χ2n) is 2.78. The van der Waals surface area contributed by atoms with Gasteiger partial charge in [-0.1, -0.05) is 0 Å². The summed E-state index contributed by atoms with van der Waals surface area (Å²) in [6.45, 7) is 0. The summed E-state index contributed by atoms with van der Waals surface area (Å²) < 4.78 is 0.219. The fourth-order valence-corrected chi connectivity index (χ4v) is 1.84. The van der Waals surface area contributed by atoms with Gasteiger partial charge >= 0.3 is 0 Å². The van der Waals surface area contributed by atoms with Crippen LogP contribution < -0.4 is 0 Å². The molecule has 82 valence electrons. The van der Waals surface area contributed by atoms with Crippen molar-refractivity contribution in [2.45, 2.75) is 0 Å². The molecule has 0 radical (unpaired) electrons. The largest absolute Gasteiger partial charge is 0.293 e. The van der Waals surface area contributed by atoms with Gasteiger partial charge in [0.1, 0.15) is 9.64 Å². The maximum absolute atomic E-state index is 11.3. The molecule has 0 bridgehead atoms. The Morgan fingerprint density at radius 2 is 2.25 bits per heavy atom. The number of rotatable bonds is 3. The lowest BCUT2D eigenvalue weighted by Crippen LogP contribution is -2.04. The van der Waals surface area contributed by atoms with E-state index in [0.717, 1.165) is 6.07 Å². The van der Waals surface area contributed by atoms with E-state index < -0.39 is 10.7 Å². The smallest absolute Gasteiger partial charge is 0.284 e. The minimum atomic E-state index is -0.631. The number of hydrogen-bond acceptors (Lipinski definition) is 4. The first-order valence-electron chi connectivity index (χ1n) is 3.98. The molecule has 0 saturated carbocycles. The predicted molar refractivity (Wildman–Crippen MR) is 65.6 cm³/mol. The molecule has 0 heterocycles. The van der Waals surface area contributed by atoms with E-state index in [2.05, 4.69) is 0 Å². The van der Waals surface area contributed by atoms with Gasteiger partial charge in [0.15, 0.2) is 5.78 Å². The summed E-state index contributed by atoms with van der Waals surface area (Å²) in [4.78, 5) is 21.4. The van der Waals surface area contributed by atoms with Crippen LogP contribution in [0.4, 0.5) is 5.69 Å². The first-order chi connectivity index (χ1) is 7.51. The van der Waals surface area contributed by atoms with Gasteiger partial charge in [-0.05, 0) is 28.7 Å². The van der Waals surface area contributed by atoms with Crippen molar-refractivity contribution >= 4 is 45.7 Å². The van der Waals surface area contributed by atoms with E-state index in [-0.39, 0.29) is 26.3 Å². The van der Waals surface area contributed by atoms with Gasteiger partial charge in [0.2, 0.25) is 0 Å². The minimum Gasteiger partial charge on any atom is -0.293 e. The number of nitro groups is 1. The zero-order chi connectivity index (χ0) is 12.3. The van der Waals surface area contributed by atoms with E-state index in [9.17, 15) is 14.9 Å². The summed E-state index contributed by atoms with van der Waals surface area (Å²) in [6, 6.07) is 4.24. The summed E-state index contributed by atoms with van der Waals surface area (Å²) in [5.74, 6) is -0.722. The summed E-state index contributed by atoms with van der Waals surface area (Å²) >= 11 is 7.05. The van der Waals surface area contributed by atoms with Gasteiger partial charge in [-0.2, -0.15) is 5.26 Å². The molecule has 1 rings (SSSR count). The first kappa shape index (κ1) is 12.9. The average molecular weight is 350 g/mol. The quantitative estimate of drug-likeness (QED) is 0.276. The highest BCUT2D eigenvalue weighted by Crippen LogP contribution is 2.26. The lowest BCUT2D eigenvalue weighted by atomic mass is 10.1. The molecule has 0 amide bonds. The third kappa shape index (κ3) is 2.48. The van der Waals surface area contributed by atoms with E-state index >= 15 is 0 Å². The Kier molecular flexibility index (Phi) is 4.20. The number of benzene rings is 1. The van der Waals surface area contributed by atoms with Crippen LogP contribution in [0.15, 0.2) is 12.1 Å². The molecule has 0 unspecified atom stereocenters. The van der Waals surface area contributed by atoms with Gasteiger partial charge in [0.05, 0.1) is 16.4 Å². The number of ketones is 1. The molecule has 0 spiro atoms. The number of carbonyl (C=O) groups excluding carboxylic acids is 1. The molecule has 0 saturated heterocycles. The maximum Gasteiger partial charge on any atom is 0.284 e. The van der Waals surface area contributed by atoms with Crippen LogP contribution in [0, 0.1) is 25.0 Å². The van der Waals surface area contributed by atoms with Crippen molar-refractivity contribution in [1.82, 2.24) is 0 Å². The van der Waals surface area contributed by atoms with Gasteiger partial charge in [0.25, 0.3) is 5.69 Å². The van der Waals surface area contributed by atoms with E-state index in [1.807, 2.05) is 0 Å². The third-order valence-electron chi connectivity index (χ3n) is 1.81. The van der Waals surface area contributed by atoms with E-state index in [1.165, 1.54) is 6.07 Å². The van der Waals surface area contributed by atoms with Crippen LogP contribution >= 0.6 is 34.2 Å². The molecule has 0 aliphatic heterocycles. The molecule has 0 aromatic heterocycles. The Labute approximate surface area is 109 Å². The zero-order valence-corrected chi connectivity index (χ0v) is 10.7. The van der Waals surface area contributed by atoms with E-state index in [0.29, 0.717) is 0 Å². The Morgan fingerprint density at radius 1 is 1.62 bits per heavy atom. The predicted octanol–water partition coefficient (Wildman–Crippen LogP) is 2.49. The number of nitriles is 1. The number of alkyl halides is 1. The van der Waals surface area contributed by atoms with Gasteiger partial charge in [-0.25, -0.2) is 0 Å². The van der Waals surface area contributed by atoms with Crippen molar-refractivity contribution in [3.63, 3.8) is 0 Å². The summed E-state index contributed by atoms with van der Waals surface area (Å²) in [6.07, 6.45) is 0. The number of hydrogen-bond donors (Lipinski definition) is 0. The minimum absolute atomic E-state index is 0.0821. The van der Waals surface area contributed by atoms with Crippen molar-refractivity contribution in [2.75, 3.05) is 5.88 Å². The van der Waals surface area contributed by atoms with Gasteiger partial charge < -0.3 is 0 Å². The van der Waals surface area contributed by atoms with Crippen molar-refractivity contribution < 1.29 is 9.72 Å². The Hall–Kier alpha value is -1.20. The molecule has 0 fully saturated rings. The van der Waals surface area contributed by atoms with Crippen LogP contribution in [0.5, 0.6) is 0 Å². The number of Topliss-reactive ketones (excluding diaryl/α,β-unsaturated/α-hetero) is 1. The molecule has 0 aliphatic rings. The molecule has 0 aliphatic carbocycles. The van der Waals surface area contributed by atoms with Crippen LogP contribution in [0.3, 0.4) is 0 Å². The highest BCUT2D eigenvalue weighted by atomic mass is 127. The number of carbonyl (C=O) groups is 1. The topological polar surface area (TPSA) is 84.0 Å². The molecular formula is C9H4ClIN2O3. The summed E-state index contributed by atoms with van der Waals surface area (Å²) in [7, 11) is 0. The fourth-order valence-electron chi connectivity index (χ4n) is 1.06. The first-order valence-corrected chi connectivity index (χ1v) is 5.59. The van der Waals surface area contributed by atoms with Gasteiger partial charge in [-0.3, -0.25) is 14.9 Å². The van der Waals surface area contributed by atoms with Crippen LogP contribution in [-0.2, 0) is 0 Å². The average Bonchev–Trinajstić information content (AvgIpc) is 2.27. The van der Waals surface area contributed by atoms with Crippen LogP contribution in [0.25, 0.3) is 0 Å². The molecule has 5 nitrogen and oxygen atoms in total. The standard InChI is InChI=1S/C9H4ClIN2O3/c10-3-8(14)5-1-6(4-12)9(11)7(2-5)13(15)16/h1-2H,3H2. The highest BCUT2D eigenvalue weighted by molar-refractivity contribution is 14.1. The highest BCUT2D eigenvalue weighted by Gasteiger charge is 2.19. The summed E-state index contributed by atoms with van der Waals surface area (Å²) in [5.41, 5.74) is -0.0740. The van der Waals surface area contributed by atoms with Crippen LogP contribution in [0.1, 0.15) is 15.9 Å². The van der Waals surface area contributed by atoms with E-state index in [4.69, 9.17) is 16.9 Å². The van der Waals surface area contributed by atoms with Crippen molar-refractivity contribution in [1.29, 1.82) is 5.26 Å². The molecule has 1 aromatic carbocycles. The summed E-state index contributed by atoms with van der Waals surface area (Å²) in [5, 5.41) is 19.5. The number of halogens is 2. The molecule has 16 heavy (non-hydrogen) atoms. The second-order valence-corrected chi connectivity index (χ2v) is 4.13. The lowest BCUT2D eigenvalue weighted by molar-refractivity contribution is -0.385. The van der Waals surface area contributed by atoms with Crippen LogP contribution in [-0.4, -0.2) is 16.6 Å². The fraction of sp³-hybridized carbons (Fsp3) is 0.111. The van der Waals surface area contributed by atoms with Gasteiger partial charge in [0, 0.05) is 11.6 Å². The molecule has 0 atom stereocenters. The molecule has 1 aromatic rings. The number of nitrogens with zero attached hydrogens (tertiary/aromatic N) is 2. The Morgan fingerprint density at radius 3 is 2.69 bits per heavy atom. The third-order valence-corrected chi connectivity index (χ3v) is 3.19. The van der Waals surface area contributed by atoms with Gasteiger partial charge in [-0.15, -0.1) is 11.6 Å². The molecule has 7 heteroatoms. The van der Waals surface area contributed by atoms with Crippen LogP contribution in [0.2, 0.25) is 0 Å². The monoisotopic (exact) mass is 350 g/mol.